The summed E-state index contributed by atoms with van der Waals surface area (Å²) in [4.78, 5) is 40.3. The zero-order valence-electron chi connectivity index (χ0n) is 22.0. The summed E-state index contributed by atoms with van der Waals surface area (Å²) in [7, 11) is 0. The van der Waals surface area contributed by atoms with Crippen molar-refractivity contribution in [2.75, 3.05) is 0 Å². The molecule has 9 atom stereocenters. The van der Waals surface area contributed by atoms with Gasteiger partial charge in [0.1, 0.15) is 0 Å². The molecule has 0 N–H and O–H groups in total. The molecule has 2 bridgehead atoms. The number of carbonyl (C=O) groups excluding carboxylic acids is 3. The number of benzene rings is 1. The molecule has 3 saturated heterocycles. The van der Waals surface area contributed by atoms with E-state index in [2.05, 4.69) is 26.0 Å². The first-order valence-electron chi connectivity index (χ1n) is 13.4. The van der Waals surface area contributed by atoms with Crippen molar-refractivity contribution in [3.05, 3.63) is 42.0 Å². The maximum atomic E-state index is 14.7. The molecular formula is C30H38O5Se. The summed E-state index contributed by atoms with van der Waals surface area (Å²) in [6.45, 7) is 10.3. The van der Waals surface area contributed by atoms with Crippen LogP contribution < -0.4 is 4.46 Å². The third-order valence-electron chi connectivity index (χ3n) is 9.35. The quantitative estimate of drug-likeness (QED) is 0.238. The number of esters is 1. The van der Waals surface area contributed by atoms with Gasteiger partial charge in [0, 0.05) is 0 Å². The van der Waals surface area contributed by atoms with E-state index in [1.165, 1.54) is 0 Å². The molecule has 5 rings (SSSR count). The molecule has 5 nitrogen and oxygen atoms in total. The predicted octanol–water partition coefficient (Wildman–Crippen LogP) is 4.46. The third-order valence-corrected chi connectivity index (χ3v) is 12.2. The first kappa shape index (κ1) is 25.9. The molecule has 0 saturated carbocycles. The Labute approximate surface area is 220 Å². The van der Waals surface area contributed by atoms with Crippen molar-refractivity contribution in [3.63, 3.8) is 0 Å². The zero-order chi connectivity index (χ0) is 25.9. The Kier molecular flexibility index (Phi) is 6.63. The second-order valence-electron chi connectivity index (χ2n) is 12.1. The third kappa shape index (κ3) is 3.78. The van der Waals surface area contributed by atoms with Gasteiger partial charge < -0.3 is 0 Å². The van der Waals surface area contributed by atoms with Crippen LogP contribution in [0.5, 0.6) is 0 Å². The Morgan fingerprint density at radius 2 is 1.78 bits per heavy atom. The number of ether oxygens (including phenoxy) is 2. The molecule has 6 heteroatoms. The Bertz CT molecular complexity index is 1080. The van der Waals surface area contributed by atoms with Crippen LogP contribution in [0.2, 0.25) is 4.31 Å². The van der Waals surface area contributed by atoms with Gasteiger partial charge in [-0.15, -0.1) is 0 Å². The van der Waals surface area contributed by atoms with E-state index >= 15 is 0 Å². The van der Waals surface area contributed by atoms with E-state index in [1.807, 2.05) is 38.1 Å². The van der Waals surface area contributed by atoms with Crippen molar-refractivity contribution in [2.45, 2.75) is 88.8 Å². The van der Waals surface area contributed by atoms with Crippen LogP contribution in [0.3, 0.4) is 0 Å². The average molecular weight is 558 g/mol. The van der Waals surface area contributed by atoms with Gasteiger partial charge in [-0.05, 0) is 0 Å². The van der Waals surface area contributed by atoms with Crippen molar-refractivity contribution in [2.24, 2.45) is 29.1 Å². The second kappa shape index (κ2) is 9.22. The Balaban J connectivity index is 1.67. The van der Waals surface area contributed by atoms with E-state index in [1.54, 1.807) is 6.92 Å². The van der Waals surface area contributed by atoms with Crippen LogP contribution in [0.4, 0.5) is 0 Å². The number of hydrogen-bond donors (Lipinski definition) is 0. The molecule has 1 spiro atoms. The zero-order valence-corrected chi connectivity index (χ0v) is 23.7. The van der Waals surface area contributed by atoms with E-state index in [-0.39, 0.29) is 44.6 Å². The number of fused-ring (bicyclic) bond motifs is 1. The summed E-state index contributed by atoms with van der Waals surface area (Å²) >= 11 is -0.221. The van der Waals surface area contributed by atoms with Gasteiger partial charge in [-0.3, -0.25) is 0 Å². The van der Waals surface area contributed by atoms with Crippen LogP contribution in [0.1, 0.15) is 66.7 Å². The molecule has 36 heavy (non-hydrogen) atoms. The number of allylic oxidation sites excluding steroid dienone is 1. The number of carbonyl (C=O) groups is 3. The first-order chi connectivity index (χ1) is 17.1. The molecular weight excluding hydrogens is 519 g/mol. The van der Waals surface area contributed by atoms with Gasteiger partial charge in [0.25, 0.3) is 0 Å². The monoisotopic (exact) mass is 558 g/mol. The fourth-order valence-electron chi connectivity index (χ4n) is 7.58. The summed E-state index contributed by atoms with van der Waals surface area (Å²) in [6, 6.07) is 10.1. The average Bonchev–Trinajstić information content (AvgIpc) is 3.04. The van der Waals surface area contributed by atoms with Gasteiger partial charge in [-0.25, -0.2) is 0 Å². The van der Waals surface area contributed by atoms with Gasteiger partial charge in [-0.1, -0.05) is 0 Å². The van der Waals surface area contributed by atoms with Crippen LogP contribution in [-0.4, -0.2) is 50.8 Å². The summed E-state index contributed by atoms with van der Waals surface area (Å²) in [5.41, 5.74) is -1.51. The van der Waals surface area contributed by atoms with E-state index in [0.717, 1.165) is 42.0 Å². The topological polar surface area (TPSA) is 69.7 Å². The van der Waals surface area contributed by atoms with Crippen molar-refractivity contribution in [1.29, 1.82) is 0 Å². The van der Waals surface area contributed by atoms with E-state index in [0.29, 0.717) is 12.3 Å². The van der Waals surface area contributed by atoms with Gasteiger partial charge in [0.15, 0.2) is 0 Å². The van der Waals surface area contributed by atoms with Crippen LogP contribution in [0, 0.1) is 29.1 Å². The normalized spacial score (nSPS) is 44.6. The van der Waals surface area contributed by atoms with E-state index in [9.17, 15) is 14.4 Å². The molecule has 3 aliphatic heterocycles. The van der Waals surface area contributed by atoms with Crippen molar-refractivity contribution in [1.82, 2.24) is 0 Å². The molecule has 194 valence electrons. The van der Waals surface area contributed by atoms with Crippen LogP contribution in [0.25, 0.3) is 0 Å². The molecule has 1 aliphatic carbocycles. The molecule has 3 fully saturated rings. The maximum absolute atomic E-state index is 14.7. The van der Waals surface area contributed by atoms with Crippen molar-refractivity contribution in [3.8, 4) is 0 Å². The molecule has 3 heterocycles. The number of hydrogen-bond acceptors (Lipinski definition) is 5. The Hall–Kier alpha value is -1.75. The minimum absolute atomic E-state index is 0.0303. The SMILES string of the molecule is C[C@@H]1CCC[C@H]2C=C(C=O)[C@@H](C)C[C@]23OC(=O)[C@@]2(C)C(=O)[C@](C)([Se]c4ccccc4)[C@H](O[C@H]23)[C@H](C)C1. The van der Waals surface area contributed by atoms with E-state index in [4.69, 9.17) is 9.47 Å². The van der Waals surface area contributed by atoms with Gasteiger partial charge >= 0.3 is 221 Å². The Morgan fingerprint density at radius 3 is 2.47 bits per heavy atom. The van der Waals surface area contributed by atoms with Crippen LogP contribution in [-0.2, 0) is 23.9 Å². The predicted molar refractivity (Wildman–Crippen MR) is 139 cm³/mol. The first-order valence-corrected chi connectivity index (χ1v) is 15.1. The number of Topliss-reactive ketones (excluding diaryl/α,β-unsaturated/α-hetero) is 1. The molecule has 0 unspecified atom stereocenters. The summed E-state index contributed by atoms with van der Waals surface area (Å²) in [5.74, 6) is -0.0249. The van der Waals surface area contributed by atoms with Crippen LogP contribution in [0.15, 0.2) is 42.0 Å². The summed E-state index contributed by atoms with van der Waals surface area (Å²) in [5, 5.41) is 0. The number of ketones is 1. The molecule has 1 aromatic rings. The molecule has 1 aromatic carbocycles. The standard InChI is InChI=1S/C30H38O5Se/c1-18-10-9-11-22-15-21(17-31)20(3)16-30(22)26-28(4,27(33)35-30)25(32)29(5,24(34-26)19(2)14-18)36-23-12-7-6-8-13-23/h6-8,12-13,15,17-20,22,24,26H,9-11,14,16H2,1-5H3/t18-,19-,20+,22+,24-,26-,28+,29-,30+/m1/s1. The van der Waals surface area contributed by atoms with Crippen LogP contribution >= 0.6 is 0 Å². The Morgan fingerprint density at radius 1 is 1.06 bits per heavy atom. The fraction of sp³-hybridized carbons (Fsp3) is 0.633. The summed E-state index contributed by atoms with van der Waals surface area (Å²) in [6.07, 6.45) is 6.37. The van der Waals surface area contributed by atoms with E-state index < -0.39 is 27.4 Å². The molecule has 4 aliphatic rings. The number of rotatable bonds is 3. The van der Waals surface area contributed by atoms with Gasteiger partial charge in [0.2, 0.25) is 0 Å². The molecule has 0 aromatic heterocycles. The fourth-order valence-corrected chi connectivity index (χ4v) is 10.7. The van der Waals surface area contributed by atoms with Crippen molar-refractivity contribution >= 4 is 37.5 Å². The minimum atomic E-state index is -1.36. The van der Waals surface area contributed by atoms with Gasteiger partial charge in [0.05, 0.1) is 0 Å². The van der Waals surface area contributed by atoms with Gasteiger partial charge in [-0.2, -0.15) is 0 Å². The second-order valence-corrected chi connectivity index (χ2v) is 15.3. The molecule has 0 amide bonds. The molecule has 0 radical (unpaired) electrons. The summed E-state index contributed by atoms with van der Waals surface area (Å²) < 4.78 is 13.8. The number of aldehydes is 1. The van der Waals surface area contributed by atoms with Crippen molar-refractivity contribution < 1.29 is 23.9 Å².